The van der Waals surface area contributed by atoms with Gasteiger partial charge in [0.05, 0.1) is 14.5 Å². The summed E-state index contributed by atoms with van der Waals surface area (Å²) >= 11 is 0.680. The van der Waals surface area contributed by atoms with Gasteiger partial charge in [-0.1, -0.05) is 36.0 Å². The van der Waals surface area contributed by atoms with Gasteiger partial charge in [0, 0.05) is 64.7 Å². The van der Waals surface area contributed by atoms with E-state index in [9.17, 15) is 8.42 Å². The van der Waals surface area contributed by atoms with Crippen LogP contribution in [-0.4, -0.2) is 76.2 Å². The third kappa shape index (κ3) is 4.36. The number of hydrogen-bond acceptors (Lipinski definition) is 5. The van der Waals surface area contributed by atoms with Gasteiger partial charge >= 0.3 is 0 Å². The number of rotatable bonds is 5. The first-order valence-corrected chi connectivity index (χ1v) is 11.6. The lowest BCUT2D eigenvalue weighted by Crippen LogP contribution is -2.44. The van der Waals surface area contributed by atoms with E-state index in [4.69, 9.17) is 17.8 Å². The van der Waals surface area contributed by atoms with Crippen molar-refractivity contribution in [1.82, 2.24) is 14.1 Å². The lowest BCUT2D eigenvalue weighted by molar-refractivity contribution is 0.156. The molecule has 0 aliphatic carbocycles. The molecule has 0 amide bonds. The normalized spacial score (nSPS) is 26.2. The van der Waals surface area contributed by atoms with E-state index >= 15 is 0 Å². The van der Waals surface area contributed by atoms with Crippen LogP contribution in [0, 0.1) is 0 Å². The van der Waals surface area contributed by atoms with Crippen LogP contribution >= 0.6 is 11.8 Å². The summed E-state index contributed by atoms with van der Waals surface area (Å²) in [5, 5.41) is 0. The zero-order valence-corrected chi connectivity index (χ0v) is 17.9. The van der Waals surface area contributed by atoms with Crippen LogP contribution in [0.2, 0.25) is 0 Å². The summed E-state index contributed by atoms with van der Waals surface area (Å²) in [6.07, 6.45) is 1.89. The fourth-order valence-corrected chi connectivity index (χ4v) is 4.85. The van der Waals surface area contributed by atoms with Crippen LogP contribution in [0.1, 0.15) is 35.4 Å². The molecule has 5 nitrogen and oxygen atoms in total. The Morgan fingerprint density at radius 1 is 1.10 bits per heavy atom. The molecule has 2 aliphatic heterocycles. The van der Waals surface area contributed by atoms with E-state index in [1.807, 2.05) is 7.05 Å². The minimum Gasteiger partial charge on any atom is -0.304 e. The van der Waals surface area contributed by atoms with Gasteiger partial charge in [-0.25, -0.2) is 12.7 Å². The number of sulfonamides is 1. The van der Waals surface area contributed by atoms with E-state index in [0.717, 1.165) is 26.2 Å². The molecule has 4 rings (SSSR count). The number of likely N-dealkylation sites (N-methyl/N-ethyl adjacent to an activating group) is 1. The molecule has 1 fully saturated rings. The van der Waals surface area contributed by atoms with E-state index in [2.05, 4.69) is 9.80 Å². The molecule has 7 heteroatoms. The van der Waals surface area contributed by atoms with Crippen molar-refractivity contribution < 1.29 is 26.2 Å². The summed E-state index contributed by atoms with van der Waals surface area (Å²) in [7, 11) is -3.60. The highest BCUT2D eigenvalue weighted by Gasteiger charge is 2.25. The van der Waals surface area contributed by atoms with Gasteiger partial charge in [-0.2, -0.15) is 0 Å². The molecule has 2 aromatic carbocycles. The molecule has 0 spiro atoms. The molecule has 0 radical (unpaired) electrons. The Labute approximate surface area is 202 Å². The lowest BCUT2D eigenvalue weighted by atomic mass is 9.96. The molecule has 0 aromatic heterocycles. The molecule has 160 valence electrons. The smallest absolute Gasteiger partial charge is 0.242 e. The van der Waals surface area contributed by atoms with Gasteiger partial charge in [-0.05, 0) is 54.3 Å². The van der Waals surface area contributed by atoms with Crippen molar-refractivity contribution in [1.29, 1.82) is 0 Å². The van der Waals surface area contributed by atoms with Crippen molar-refractivity contribution in [3.63, 3.8) is 0 Å². The third-order valence-corrected chi connectivity index (χ3v) is 7.26. The molecule has 1 saturated heterocycles. The van der Waals surface area contributed by atoms with Gasteiger partial charge in [0.15, 0.2) is 0 Å². The summed E-state index contributed by atoms with van der Waals surface area (Å²) in [6, 6.07) is -4.78. The number of nitrogens with zero attached hydrogens (tertiary/aromatic N) is 3. The molecule has 2 heterocycles. The van der Waals surface area contributed by atoms with Gasteiger partial charge in [-0.3, -0.25) is 0 Å². The van der Waals surface area contributed by atoms with E-state index in [0.29, 0.717) is 24.7 Å². The van der Waals surface area contributed by atoms with Crippen LogP contribution < -0.4 is 0 Å². The van der Waals surface area contributed by atoms with Crippen molar-refractivity contribution >= 4 is 27.4 Å². The topological polar surface area (TPSA) is 43.9 Å². The van der Waals surface area contributed by atoms with Crippen molar-refractivity contribution in [3.8, 4) is 0 Å². The van der Waals surface area contributed by atoms with E-state index < -0.39 is 75.5 Å². The number of hydrogen-bond donors (Lipinski definition) is 0. The maximum atomic E-state index is 13.6. The monoisotopic (exact) mass is 456 g/mol. The maximum Gasteiger partial charge on any atom is 0.242 e. The fraction of sp³-hybridized carbons (Fsp3) is 0.391. The first-order chi connectivity index (χ1) is 19.7. The van der Waals surface area contributed by atoms with Crippen molar-refractivity contribution in [2.24, 2.45) is 0 Å². The molecule has 0 atom stereocenters. The largest absolute Gasteiger partial charge is 0.304 e. The molecule has 30 heavy (non-hydrogen) atoms. The highest BCUT2D eigenvalue weighted by molar-refractivity contribution is 7.99. The van der Waals surface area contributed by atoms with Crippen LogP contribution in [0.5, 0.6) is 0 Å². The zero-order chi connectivity index (χ0) is 32.4. The predicted molar refractivity (Wildman–Crippen MR) is 124 cm³/mol. The average molecular weight is 457 g/mol. The highest BCUT2D eigenvalue weighted by Crippen LogP contribution is 2.46. The summed E-state index contributed by atoms with van der Waals surface area (Å²) in [4.78, 5) is 2.94. The Balaban J connectivity index is 2.00. The Morgan fingerprint density at radius 2 is 1.83 bits per heavy atom. The molecular formula is C23H29N3O2S2. The molecule has 0 saturated carbocycles. The van der Waals surface area contributed by atoms with Crippen LogP contribution in [0.4, 0.5) is 0 Å². The number of piperazine rings is 1. The standard InChI is InChI=1S/C23H29N3O2S2/c1-24(2)30(27,28)18-10-11-23-21(17-18)19(20-7-4-5-9-22(20)29-23)8-6-12-26-15-13-25(3)14-16-26/h4-5,7-11,17H,6,12-16H2,1-3H3/b19-8-/i1D3,2D3,4D,5D,7D,9D,10D,11D,17D. The SMILES string of the molecule is [2H]c1c([2H])c([2H])c2c(c1[2H])Sc1c([2H])c([2H])c(S(=O)(=O)N(C([2H])([2H])[2H])C([2H])([2H])[2H])c([2H])c1/C2=C\CCN1CCN(C)CC1. The van der Waals surface area contributed by atoms with Crippen LogP contribution in [0.15, 0.2) is 63.1 Å². The van der Waals surface area contributed by atoms with Crippen LogP contribution in [0.25, 0.3) is 5.57 Å². The molecule has 2 aliphatic rings. The minimum absolute atomic E-state index is 0.0224. The van der Waals surface area contributed by atoms with Gasteiger partial charge < -0.3 is 9.80 Å². The molecule has 0 unspecified atom stereocenters. The van der Waals surface area contributed by atoms with Crippen molar-refractivity contribution in [2.75, 3.05) is 53.7 Å². The summed E-state index contributed by atoms with van der Waals surface area (Å²) < 4.78 is 132. The Morgan fingerprint density at radius 3 is 2.60 bits per heavy atom. The van der Waals surface area contributed by atoms with Gasteiger partial charge in [0.25, 0.3) is 0 Å². The van der Waals surface area contributed by atoms with E-state index in [-0.39, 0.29) is 26.5 Å². The van der Waals surface area contributed by atoms with Gasteiger partial charge in [0.1, 0.15) is 0 Å². The third-order valence-electron chi connectivity index (χ3n) is 5.04. The Kier molecular flexibility index (Phi) is 3.18. The summed E-state index contributed by atoms with van der Waals surface area (Å²) in [5.74, 6) is 0. The second-order valence-electron chi connectivity index (χ2n) is 7.04. The van der Waals surface area contributed by atoms with Crippen LogP contribution in [-0.2, 0) is 10.0 Å². The van der Waals surface area contributed by atoms with E-state index in [1.54, 1.807) is 6.08 Å². The minimum atomic E-state index is -5.60. The molecular weight excluding hydrogens is 414 g/mol. The first kappa shape index (κ1) is 10.8. The van der Waals surface area contributed by atoms with Gasteiger partial charge in [0.2, 0.25) is 10.0 Å². The summed E-state index contributed by atoms with van der Waals surface area (Å²) in [5.41, 5.74) is -0.259. The quantitative estimate of drug-likeness (QED) is 0.588. The zero-order valence-electron chi connectivity index (χ0n) is 29.3. The number of fused-ring (bicyclic) bond motifs is 2. The van der Waals surface area contributed by atoms with E-state index in [1.165, 1.54) is 0 Å². The summed E-state index contributed by atoms with van der Waals surface area (Å²) in [6.45, 7) is -3.70. The van der Waals surface area contributed by atoms with Crippen molar-refractivity contribution in [3.05, 3.63) is 59.5 Å². The Bertz CT molecular complexity index is 1590. The predicted octanol–water partition coefficient (Wildman–Crippen LogP) is 3.47. The molecule has 2 aromatic rings. The lowest BCUT2D eigenvalue weighted by Gasteiger charge is -2.32. The average Bonchev–Trinajstić information content (AvgIpc) is 2.87. The van der Waals surface area contributed by atoms with Crippen LogP contribution in [0.3, 0.4) is 0 Å². The first-order valence-electron chi connectivity index (χ1n) is 15.8. The van der Waals surface area contributed by atoms with Crippen molar-refractivity contribution in [2.45, 2.75) is 21.1 Å². The fourth-order valence-electron chi connectivity index (χ4n) is 3.33. The number of benzene rings is 2. The maximum absolute atomic E-state index is 13.6. The van der Waals surface area contributed by atoms with Gasteiger partial charge in [-0.15, -0.1) is 0 Å². The second-order valence-corrected chi connectivity index (χ2v) is 9.78. The molecule has 0 N–H and O–H groups in total. The second kappa shape index (κ2) is 8.85. The Hall–Kier alpha value is -1.64. The molecule has 0 bridgehead atoms. The highest BCUT2D eigenvalue weighted by atomic mass is 32.2.